The summed E-state index contributed by atoms with van der Waals surface area (Å²) in [6.07, 6.45) is 2.97. The van der Waals surface area contributed by atoms with Gasteiger partial charge in [-0.1, -0.05) is 11.8 Å². The molecule has 3 nitrogen and oxygen atoms in total. The molecule has 5 heteroatoms. The van der Waals surface area contributed by atoms with Crippen molar-refractivity contribution in [2.75, 3.05) is 5.75 Å². The molecule has 0 N–H and O–H groups in total. The minimum Gasteiger partial charge on any atom is -0.293 e. The largest absolute Gasteiger partial charge is 0.293 e. The number of carbonyl (C=O) groups excluding carboxylic acids is 1. The fourth-order valence-electron chi connectivity index (χ4n) is 2.50. The Morgan fingerprint density at radius 2 is 2.09 bits per heavy atom. The molecule has 110 valence electrons. The minimum atomic E-state index is -0.365. The van der Waals surface area contributed by atoms with Crippen molar-refractivity contribution in [1.29, 1.82) is 5.26 Å². The maximum Gasteiger partial charge on any atom is 0.173 e. The summed E-state index contributed by atoms with van der Waals surface area (Å²) in [5.41, 5.74) is 3.17. The van der Waals surface area contributed by atoms with Gasteiger partial charge in [0.1, 0.15) is 16.9 Å². The molecule has 0 saturated heterocycles. The number of hydrogen-bond acceptors (Lipinski definition) is 4. The van der Waals surface area contributed by atoms with Gasteiger partial charge in [0.25, 0.3) is 0 Å². The highest BCUT2D eigenvalue weighted by Gasteiger charge is 2.17. The molecule has 1 aliphatic rings. The van der Waals surface area contributed by atoms with E-state index in [0.717, 1.165) is 30.5 Å². The molecule has 3 rings (SSSR count). The number of carbonyl (C=O) groups is 1. The van der Waals surface area contributed by atoms with Crippen LogP contribution >= 0.6 is 11.8 Å². The van der Waals surface area contributed by atoms with E-state index in [4.69, 9.17) is 0 Å². The second-order valence-corrected chi connectivity index (χ2v) is 6.10. The standard InChI is InChI=1S/C17H13FN2OS/c18-14-6-4-11(5-7-14)16(21)10-22-17-13(9-19)8-12-2-1-3-15(12)20-17/h4-8H,1-3,10H2. The lowest BCUT2D eigenvalue weighted by Crippen LogP contribution is -2.04. The summed E-state index contributed by atoms with van der Waals surface area (Å²) in [6.45, 7) is 0. The SMILES string of the molecule is N#Cc1cc2c(nc1SCC(=O)c1ccc(F)cc1)CCC2. The number of aryl methyl sites for hydroxylation is 2. The van der Waals surface area contributed by atoms with Gasteiger partial charge in [-0.2, -0.15) is 5.26 Å². The van der Waals surface area contributed by atoms with Crippen LogP contribution in [0.15, 0.2) is 35.4 Å². The number of fused-ring (bicyclic) bond motifs is 1. The van der Waals surface area contributed by atoms with Gasteiger partial charge in [-0.3, -0.25) is 4.79 Å². The fraction of sp³-hybridized carbons (Fsp3) is 0.235. The van der Waals surface area contributed by atoms with Crippen LogP contribution < -0.4 is 0 Å². The first-order valence-corrected chi connectivity index (χ1v) is 8.00. The summed E-state index contributed by atoms with van der Waals surface area (Å²) < 4.78 is 12.9. The maximum absolute atomic E-state index is 12.9. The number of nitriles is 1. The average molecular weight is 312 g/mol. The molecule has 1 aromatic carbocycles. The molecule has 1 aliphatic carbocycles. The van der Waals surface area contributed by atoms with Crippen molar-refractivity contribution >= 4 is 17.5 Å². The van der Waals surface area contributed by atoms with Gasteiger partial charge in [0, 0.05) is 11.3 Å². The summed E-state index contributed by atoms with van der Waals surface area (Å²) in [7, 11) is 0. The summed E-state index contributed by atoms with van der Waals surface area (Å²) >= 11 is 1.27. The molecule has 0 amide bonds. The topological polar surface area (TPSA) is 53.8 Å². The summed E-state index contributed by atoms with van der Waals surface area (Å²) in [5, 5.41) is 9.84. The molecule has 0 radical (unpaired) electrons. The Labute approximate surface area is 132 Å². The van der Waals surface area contributed by atoms with Gasteiger partial charge in [-0.25, -0.2) is 9.37 Å². The number of rotatable bonds is 4. The van der Waals surface area contributed by atoms with Crippen LogP contribution in [0, 0.1) is 17.1 Å². The lowest BCUT2D eigenvalue weighted by atomic mass is 10.1. The molecule has 0 unspecified atom stereocenters. The number of thioether (sulfide) groups is 1. The Morgan fingerprint density at radius 3 is 2.82 bits per heavy atom. The zero-order valence-corrected chi connectivity index (χ0v) is 12.6. The number of ketones is 1. The number of Topliss-reactive ketones (excluding diaryl/α,β-unsaturated/α-hetero) is 1. The molecule has 0 fully saturated rings. The Kier molecular flexibility index (Phi) is 4.21. The quantitative estimate of drug-likeness (QED) is 0.640. The van der Waals surface area contributed by atoms with Crippen molar-refractivity contribution in [3.05, 3.63) is 58.5 Å². The Hall–Kier alpha value is -2.19. The van der Waals surface area contributed by atoms with Crippen molar-refractivity contribution in [1.82, 2.24) is 4.98 Å². The lowest BCUT2D eigenvalue weighted by Gasteiger charge is -2.06. The number of pyridine rings is 1. The van der Waals surface area contributed by atoms with Crippen LogP contribution in [0.1, 0.15) is 33.6 Å². The molecule has 22 heavy (non-hydrogen) atoms. The molecule has 0 spiro atoms. The van der Waals surface area contributed by atoms with Gasteiger partial charge < -0.3 is 0 Å². The Balaban J connectivity index is 1.75. The van der Waals surface area contributed by atoms with Crippen LogP contribution in [0.2, 0.25) is 0 Å². The highest BCUT2D eigenvalue weighted by atomic mass is 32.2. The van der Waals surface area contributed by atoms with Gasteiger partial charge in [-0.15, -0.1) is 0 Å². The third kappa shape index (κ3) is 3.02. The van der Waals surface area contributed by atoms with Gasteiger partial charge in [0.05, 0.1) is 11.3 Å². The van der Waals surface area contributed by atoms with Crippen molar-refractivity contribution in [2.45, 2.75) is 24.3 Å². The molecule has 1 aromatic heterocycles. The summed E-state index contributed by atoms with van der Waals surface area (Å²) in [4.78, 5) is 16.6. The van der Waals surface area contributed by atoms with E-state index >= 15 is 0 Å². The van der Waals surface area contributed by atoms with Crippen LogP contribution in [0.25, 0.3) is 0 Å². The van der Waals surface area contributed by atoms with Crippen LogP contribution in [-0.4, -0.2) is 16.5 Å². The molecule has 0 atom stereocenters. The maximum atomic E-state index is 12.9. The van der Waals surface area contributed by atoms with E-state index in [9.17, 15) is 14.4 Å². The van der Waals surface area contributed by atoms with Crippen LogP contribution in [0.5, 0.6) is 0 Å². The molecule has 1 heterocycles. The van der Waals surface area contributed by atoms with Crippen molar-refractivity contribution in [3.8, 4) is 6.07 Å². The summed E-state index contributed by atoms with van der Waals surface area (Å²) in [6, 6.07) is 9.52. The third-order valence-electron chi connectivity index (χ3n) is 3.64. The average Bonchev–Trinajstić information content (AvgIpc) is 2.99. The number of hydrogen-bond donors (Lipinski definition) is 0. The third-order valence-corrected chi connectivity index (χ3v) is 4.63. The number of halogens is 1. The van der Waals surface area contributed by atoms with E-state index in [2.05, 4.69) is 11.1 Å². The highest BCUT2D eigenvalue weighted by molar-refractivity contribution is 8.00. The van der Waals surface area contributed by atoms with Crippen molar-refractivity contribution < 1.29 is 9.18 Å². The van der Waals surface area contributed by atoms with Crippen molar-refractivity contribution in [2.24, 2.45) is 0 Å². The van der Waals surface area contributed by atoms with Crippen LogP contribution in [-0.2, 0) is 12.8 Å². The fourth-order valence-corrected chi connectivity index (χ4v) is 3.37. The highest BCUT2D eigenvalue weighted by Crippen LogP contribution is 2.28. The number of nitrogens with zero attached hydrogens (tertiary/aromatic N) is 2. The Bertz CT molecular complexity index is 765. The second kappa shape index (κ2) is 6.29. The predicted molar refractivity (Wildman–Crippen MR) is 82.4 cm³/mol. The predicted octanol–water partition coefficient (Wildman–Crippen LogP) is 3.56. The van der Waals surface area contributed by atoms with E-state index in [1.54, 1.807) is 0 Å². The number of aromatic nitrogens is 1. The smallest absolute Gasteiger partial charge is 0.173 e. The van der Waals surface area contributed by atoms with Crippen LogP contribution in [0.4, 0.5) is 4.39 Å². The lowest BCUT2D eigenvalue weighted by molar-refractivity contribution is 0.102. The molecule has 0 aliphatic heterocycles. The van der Waals surface area contributed by atoms with E-state index in [-0.39, 0.29) is 17.4 Å². The Morgan fingerprint density at radius 1 is 1.32 bits per heavy atom. The van der Waals surface area contributed by atoms with Crippen molar-refractivity contribution in [3.63, 3.8) is 0 Å². The normalized spacial score (nSPS) is 12.7. The first-order chi connectivity index (χ1) is 10.7. The van der Waals surface area contributed by atoms with Gasteiger partial charge in [0.15, 0.2) is 5.78 Å². The molecule has 0 bridgehead atoms. The van der Waals surface area contributed by atoms with E-state index in [1.165, 1.54) is 36.0 Å². The van der Waals surface area contributed by atoms with Gasteiger partial charge in [0.2, 0.25) is 0 Å². The van der Waals surface area contributed by atoms with Crippen LogP contribution in [0.3, 0.4) is 0 Å². The first-order valence-electron chi connectivity index (χ1n) is 7.02. The monoisotopic (exact) mass is 312 g/mol. The van der Waals surface area contributed by atoms with Gasteiger partial charge in [-0.05, 0) is 55.2 Å². The second-order valence-electron chi connectivity index (χ2n) is 5.13. The molecule has 0 saturated carbocycles. The zero-order chi connectivity index (χ0) is 15.5. The molecular formula is C17H13FN2OS. The number of benzene rings is 1. The molecular weight excluding hydrogens is 299 g/mol. The molecule has 2 aromatic rings. The van der Waals surface area contributed by atoms with E-state index in [1.807, 2.05) is 6.07 Å². The minimum absolute atomic E-state index is 0.101. The van der Waals surface area contributed by atoms with E-state index in [0.29, 0.717) is 16.2 Å². The summed E-state index contributed by atoms with van der Waals surface area (Å²) in [5.74, 6) is -0.279. The first kappa shape index (κ1) is 14.7. The zero-order valence-electron chi connectivity index (χ0n) is 11.8. The van der Waals surface area contributed by atoms with Gasteiger partial charge >= 0.3 is 0 Å². The van der Waals surface area contributed by atoms with E-state index < -0.39 is 0 Å².